The van der Waals surface area contributed by atoms with Crippen molar-refractivity contribution in [2.75, 3.05) is 5.73 Å². The third-order valence-electron chi connectivity index (χ3n) is 7.31. The topological polar surface area (TPSA) is 89.1 Å². The first kappa shape index (κ1) is 28.1. The highest BCUT2D eigenvalue weighted by atomic mass is 16.4. The average Bonchev–Trinajstić information content (AvgIpc) is 2.90. The second-order valence-corrected chi connectivity index (χ2v) is 10.3. The van der Waals surface area contributed by atoms with Crippen LogP contribution in [0.1, 0.15) is 76.5 Å². The van der Waals surface area contributed by atoms with Crippen LogP contribution < -0.4 is 5.73 Å². The Labute approximate surface area is 221 Å². The van der Waals surface area contributed by atoms with E-state index in [1.165, 1.54) is 16.7 Å². The van der Waals surface area contributed by atoms with Gasteiger partial charge in [-0.25, -0.2) is 4.98 Å². The van der Waals surface area contributed by atoms with Gasteiger partial charge >= 0.3 is 5.97 Å². The summed E-state index contributed by atoms with van der Waals surface area (Å²) in [6.07, 6.45) is 6.42. The van der Waals surface area contributed by atoms with Gasteiger partial charge in [0.05, 0.1) is 11.4 Å². The fourth-order valence-electron chi connectivity index (χ4n) is 4.55. The molecule has 0 saturated carbocycles. The number of aryl methyl sites for hydroxylation is 2. The minimum absolute atomic E-state index is 0.116. The second-order valence-electron chi connectivity index (χ2n) is 10.3. The summed E-state index contributed by atoms with van der Waals surface area (Å²) < 4.78 is 0. The molecule has 0 amide bonds. The van der Waals surface area contributed by atoms with Crippen molar-refractivity contribution in [3.05, 3.63) is 77.5 Å². The quantitative estimate of drug-likeness (QED) is 0.229. The van der Waals surface area contributed by atoms with Gasteiger partial charge in [0.15, 0.2) is 5.82 Å². The Morgan fingerprint density at radius 2 is 1.62 bits per heavy atom. The number of aliphatic carboxylic acids is 1. The Bertz CT molecular complexity index is 1320. The number of hydrogen-bond acceptors (Lipinski definition) is 4. The standard InChI is InChI=1S/C25H27N3.C7H14O2/c1-16(2)17(3)20-12-10-18(11-13-20)8-9-19-14-22-21-6-4-5-7-23(21)28-25(26)24(22)27-15-19;1-3-5-6(4-2)7(8)9/h4-7,10-17H,8-9H2,1-3H3,(H2,26,28);6H,3-5H2,1-2H3,(H,8,9). The van der Waals surface area contributed by atoms with Crippen molar-refractivity contribution in [1.82, 2.24) is 9.97 Å². The van der Waals surface area contributed by atoms with Crippen molar-refractivity contribution >= 4 is 33.6 Å². The molecule has 4 rings (SSSR count). The van der Waals surface area contributed by atoms with Gasteiger partial charge in [0.2, 0.25) is 0 Å². The van der Waals surface area contributed by atoms with Gasteiger partial charge in [-0.15, -0.1) is 0 Å². The number of nitrogens with two attached hydrogens (primary N) is 1. The van der Waals surface area contributed by atoms with Crippen LogP contribution in [0.5, 0.6) is 0 Å². The van der Waals surface area contributed by atoms with Crippen molar-refractivity contribution in [1.29, 1.82) is 0 Å². The molecule has 4 aromatic rings. The van der Waals surface area contributed by atoms with Gasteiger partial charge in [0.1, 0.15) is 5.52 Å². The zero-order chi connectivity index (χ0) is 26.9. The van der Waals surface area contributed by atoms with E-state index in [1.807, 2.05) is 38.2 Å². The Balaban J connectivity index is 0.000000364. The number of rotatable bonds is 9. The lowest BCUT2D eigenvalue weighted by atomic mass is 9.89. The maximum Gasteiger partial charge on any atom is 0.306 e. The van der Waals surface area contributed by atoms with Crippen molar-refractivity contribution < 1.29 is 9.90 Å². The summed E-state index contributed by atoms with van der Waals surface area (Å²) in [5, 5.41) is 10.7. The Morgan fingerprint density at radius 3 is 2.22 bits per heavy atom. The molecular formula is C32H41N3O2. The van der Waals surface area contributed by atoms with Crippen LogP contribution in [0.4, 0.5) is 5.82 Å². The van der Waals surface area contributed by atoms with Crippen LogP contribution in [0, 0.1) is 11.8 Å². The molecule has 0 fully saturated rings. The summed E-state index contributed by atoms with van der Waals surface area (Å²) >= 11 is 0. The number of carboxylic acid groups (broad SMARTS) is 1. The molecule has 2 aromatic carbocycles. The van der Waals surface area contributed by atoms with Crippen molar-refractivity contribution in [3.63, 3.8) is 0 Å². The zero-order valence-electron chi connectivity index (χ0n) is 22.9. The van der Waals surface area contributed by atoms with E-state index in [9.17, 15) is 4.79 Å². The molecule has 0 aliphatic carbocycles. The van der Waals surface area contributed by atoms with Crippen LogP contribution in [-0.4, -0.2) is 21.0 Å². The molecule has 0 aliphatic rings. The zero-order valence-corrected chi connectivity index (χ0v) is 22.9. The number of carboxylic acids is 1. The van der Waals surface area contributed by atoms with Gasteiger partial charge in [0.25, 0.3) is 0 Å². The van der Waals surface area contributed by atoms with Crippen molar-refractivity contribution in [3.8, 4) is 0 Å². The summed E-state index contributed by atoms with van der Waals surface area (Å²) in [5.41, 5.74) is 11.8. The molecule has 2 unspecified atom stereocenters. The lowest BCUT2D eigenvalue weighted by Crippen LogP contribution is -2.11. The smallest absolute Gasteiger partial charge is 0.306 e. The van der Waals surface area contributed by atoms with E-state index in [-0.39, 0.29) is 5.92 Å². The molecule has 0 spiro atoms. The molecule has 3 N–H and O–H groups in total. The van der Waals surface area contributed by atoms with Gasteiger partial charge in [0, 0.05) is 17.0 Å². The van der Waals surface area contributed by atoms with Crippen LogP contribution in [0.2, 0.25) is 0 Å². The first-order chi connectivity index (χ1) is 17.7. The normalized spacial score (nSPS) is 12.8. The molecule has 0 saturated heterocycles. The van der Waals surface area contributed by atoms with Gasteiger partial charge in [-0.05, 0) is 66.3 Å². The SMILES string of the molecule is CC(C)C(C)c1ccc(CCc2cnc3c(N)nc4ccccc4c3c2)cc1.CCCC(CC)C(=O)O. The van der Waals surface area contributed by atoms with Gasteiger partial charge in [-0.2, -0.15) is 0 Å². The number of nitrogen functional groups attached to an aromatic ring is 1. The number of para-hydroxylation sites is 1. The average molecular weight is 500 g/mol. The number of benzene rings is 2. The first-order valence-corrected chi connectivity index (χ1v) is 13.5. The van der Waals surface area contributed by atoms with E-state index in [1.54, 1.807) is 0 Å². The summed E-state index contributed by atoms with van der Waals surface area (Å²) in [7, 11) is 0. The van der Waals surface area contributed by atoms with E-state index in [0.29, 0.717) is 17.7 Å². The number of hydrogen-bond donors (Lipinski definition) is 2. The number of carbonyl (C=O) groups is 1. The predicted molar refractivity (Wildman–Crippen MR) is 155 cm³/mol. The minimum atomic E-state index is -0.653. The van der Waals surface area contributed by atoms with E-state index in [2.05, 4.69) is 67.1 Å². The first-order valence-electron chi connectivity index (χ1n) is 13.5. The number of fused-ring (bicyclic) bond motifs is 3. The largest absolute Gasteiger partial charge is 0.481 e. The Hall–Kier alpha value is -3.47. The molecule has 196 valence electrons. The summed E-state index contributed by atoms with van der Waals surface area (Å²) in [4.78, 5) is 19.4. The van der Waals surface area contributed by atoms with Gasteiger partial charge < -0.3 is 10.8 Å². The molecule has 0 aliphatic heterocycles. The highest BCUT2D eigenvalue weighted by Crippen LogP contribution is 2.28. The summed E-state index contributed by atoms with van der Waals surface area (Å²) in [6.45, 7) is 10.8. The van der Waals surface area contributed by atoms with Gasteiger partial charge in [-0.1, -0.05) is 83.5 Å². The lowest BCUT2D eigenvalue weighted by Gasteiger charge is -2.16. The molecule has 37 heavy (non-hydrogen) atoms. The molecule has 0 bridgehead atoms. The van der Waals surface area contributed by atoms with E-state index in [4.69, 9.17) is 10.8 Å². The number of pyridine rings is 2. The number of anilines is 1. The molecular weight excluding hydrogens is 458 g/mol. The summed E-state index contributed by atoms with van der Waals surface area (Å²) in [5.74, 6) is 0.974. The van der Waals surface area contributed by atoms with E-state index < -0.39 is 5.97 Å². The Kier molecular flexibility index (Phi) is 10.0. The van der Waals surface area contributed by atoms with Crippen LogP contribution in [0.3, 0.4) is 0 Å². The number of nitrogens with zero attached hydrogens (tertiary/aromatic N) is 2. The van der Waals surface area contributed by atoms with Crippen molar-refractivity contribution in [2.24, 2.45) is 11.8 Å². The fourth-order valence-corrected chi connectivity index (χ4v) is 4.55. The molecule has 2 atom stereocenters. The highest BCUT2D eigenvalue weighted by Gasteiger charge is 2.12. The molecule has 0 radical (unpaired) electrons. The molecule has 2 heterocycles. The maximum atomic E-state index is 10.3. The fraction of sp³-hybridized carbons (Fsp3) is 0.406. The van der Waals surface area contributed by atoms with E-state index >= 15 is 0 Å². The van der Waals surface area contributed by atoms with Gasteiger partial charge in [-0.3, -0.25) is 9.78 Å². The van der Waals surface area contributed by atoms with Crippen LogP contribution in [0.15, 0.2) is 60.8 Å². The minimum Gasteiger partial charge on any atom is -0.481 e. The lowest BCUT2D eigenvalue weighted by molar-refractivity contribution is -0.142. The molecule has 5 nitrogen and oxygen atoms in total. The Morgan fingerprint density at radius 1 is 0.946 bits per heavy atom. The second kappa shape index (κ2) is 13.2. The van der Waals surface area contributed by atoms with Crippen molar-refractivity contribution in [2.45, 2.75) is 72.6 Å². The third-order valence-corrected chi connectivity index (χ3v) is 7.31. The van der Waals surface area contributed by atoms with Crippen LogP contribution in [0.25, 0.3) is 21.8 Å². The number of aromatic nitrogens is 2. The molecule has 2 aromatic heterocycles. The van der Waals surface area contributed by atoms with E-state index in [0.717, 1.165) is 53.9 Å². The molecule has 5 heteroatoms. The summed E-state index contributed by atoms with van der Waals surface area (Å²) in [6, 6.07) is 19.4. The monoisotopic (exact) mass is 499 g/mol. The predicted octanol–water partition coefficient (Wildman–Crippen LogP) is 7.81. The highest BCUT2D eigenvalue weighted by molar-refractivity contribution is 6.08. The third kappa shape index (κ3) is 7.28. The maximum absolute atomic E-state index is 10.3. The van der Waals surface area contributed by atoms with Crippen LogP contribution in [-0.2, 0) is 17.6 Å². The van der Waals surface area contributed by atoms with Crippen LogP contribution >= 0.6 is 0 Å².